The summed E-state index contributed by atoms with van der Waals surface area (Å²) in [5.74, 6) is 1.11. The van der Waals surface area contributed by atoms with E-state index in [2.05, 4.69) is 33.0 Å². The van der Waals surface area contributed by atoms with E-state index in [0.29, 0.717) is 12.0 Å². The van der Waals surface area contributed by atoms with Gasteiger partial charge < -0.3 is 5.32 Å². The molecule has 1 aromatic rings. The molecule has 0 aliphatic carbocycles. The Kier molecular flexibility index (Phi) is 8.60. The fourth-order valence-corrected chi connectivity index (χ4v) is 2.83. The van der Waals surface area contributed by atoms with Gasteiger partial charge in [0.25, 0.3) is 0 Å². The van der Waals surface area contributed by atoms with E-state index < -0.39 is 0 Å². The summed E-state index contributed by atoms with van der Waals surface area (Å²) in [7, 11) is 0. The first-order valence-electron chi connectivity index (χ1n) is 8.55. The van der Waals surface area contributed by atoms with Crippen LogP contribution in [0.1, 0.15) is 71.3 Å². The summed E-state index contributed by atoms with van der Waals surface area (Å²) < 4.78 is 13.1. The standard InChI is InChI=1S/C19H32FN/c1-5-7-8-16(6-2)13-18(14-21-15(3)4)17-9-11-19(20)12-10-17/h9-12,15-16,18,21H,5-8,13-14H2,1-4H3. The molecule has 120 valence electrons. The lowest BCUT2D eigenvalue weighted by Gasteiger charge is -2.24. The Hall–Kier alpha value is -0.890. The van der Waals surface area contributed by atoms with Gasteiger partial charge in [-0.1, -0.05) is 65.5 Å². The highest BCUT2D eigenvalue weighted by molar-refractivity contribution is 5.21. The third-order valence-corrected chi connectivity index (χ3v) is 4.28. The summed E-state index contributed by atoms with van der Waals surface area (Å²) >= 11 is 0. The zero-order chi connectivity index (χ0) is 15.7. The van der Waals surface area contributed by atoms with Gasteiger partial charge in [0.05, 0.1) is 0 Å². The summed E-state index contributed by atoms with van der Waals surface area (Å²) in [4.78, 5) is 0. The van der Waals surface area contributed by atoms with Gasteiger partial charge >= 0.3 is 0 Å². The number of unbranched alkanes of at least 4 members (excludes halogenated alkanes) is 1. The normalized spacial score (nSPS) is 14.4. The molecule has 2 atom stereocenters. The predicted octanol–water partition coefficient (Wildman–Crippen LogP) is 5.51. The number of halogens is 1. The Labute approximate surface area is 130 Å². The van der Waals surface area contributed by atoms with Crippen LogP contribution in [0, 0.1) is 11.7 Å². The molecule has 2 heteroatoms. The number of hydrogen-bond donors (Lipinski definition) is 1. The fourth-order valence-electron chi connectivity index (χ4n) is 2.83. The van der Waals surface area contributed by atoms with Crippen LogP contribution in [0.4, 0.5) is 4.39 Å². The maximum atomic E-state index is 13.1. The Bertz CT molecular complexity index is 372. The van der Waals surface area contributed by atoms with Gasteiger partial charge in [0.2, 0.25) is 0 Å². The van der Waals surface area contributed by atoms with Crippen molar-refractivity contribution in [2.24, 2.45) is 5.92 Å². The van der Waals surface area contributed by atoms with Crippen LogP contribution < -0.4 is 5.32 Å². The molecule has 0 saturated carbocycles. The van der Waals surface area contributed by atoms with Crippen LogP contribution in [-0.4, -0.2) is 12.6 Å². The third-order valence-electron chi connectivity index (χ3n) is 4.28. The Morgan fingerprint density at radius 2 is 1.76 bits per heavy atom. The van der Waals surface area contributed by atoms with Crippen LogP contribution >= 0.6 is 0 Å². The van der Waals surface area contributed by atoms with Crippen molar-refractivity contribution in [2.75, 3.05) is 6.54 Å². The highest BCUT2D eigenvalue weighted by Gasteiger charge is 2.17. The molecule has 2 unspecified atom stereocenters. The molecule has 1 aromatic carbocycles. The monoisotopic (exact) mass is 293 g/mol. The van der Waals surface area contributed by atoms with Gasteiger partial charge in [-0.05, 0) is 36.0 Å². The largest absolute Gasteiger partial charge is 0.314 e. The lowest BCUT2D eigenvalue weighted by atomic mass is 9.84. The van der Waals surface area contributed by atoms with Gasteiger partial charge in [-0.25, -0.2) is 4.39 Å². The fraction of sp³-hybridized carbons (Fsp3) is 0.684. The molecule has 21 heavy (non-hydrogen) atoms. The smallest absolute Gasteiger partial charge is 0.123 e. The molecule has 0 saturated heterocycles. The van der Waals surface area contributed by atoms with Crippen molar-refractivity contribution in [1.29, 1.82) is 0 Å². The van der Waals surface area contributed by atoms with Crippen molar-refractivity contribution in [2.45, 2.75) is 71.8 Å². The highest BCUT2D eigenvalue weighted by atomic mass is 19.1. The molecule has 0 fully saturated rings. The second kappa shape index (κ2) is 9.94. The summed E-state index contributed by atoms with van der Waals surface area (Å²) in [6, 6.07) is 7.57. The van der Waals surface area contributed by atoms with Crippen molar-refractivity contribution in [3.63, 3.8) is 0 Å². The first kappa shape index (κ1) is 18.2. The van der Waals surface area contributed by atoms with Crippen molar-refractivity contribution in [1.82, 2.24) is 5.32 Å². The lowest BCUT2D eigenvalue weighted by molar-refractivity contribution is 0.370. The van der Waals surface area contributed by atoms with Crippen LogP contribution in [0.15, 0.2) is 24.3 Å². The molecule has 0 bridgehead atoms. The van der Waals surface area contributed by atoms with Crippen LogP contribution in [0.5, 0.6) is 0 Å². The molecule has 1 N–H and O–H groups in total. The minimum absolute atomic E-state index is 0.146. The highest BCUT2D eigenvalue weighted by Crippen LogP contribution is 2.28. The first-order valence-corrected chi connectivity index (χ1v) is 8.55. The summed E-state index contributed by atoms with van der Waals surface area (Å²) in [5.41, 5.74) is 1.26. The molecular formula is C19H32FN. The molecule has 0 aliphatic rings. The van der Waals surface area contributed by atoms with E-state index in [1.54, 1.807) is 12.1 Å². The van der Waals surface area contributed by atoms with Gasteiger partial charge in [0.1, 0.15) is 5.82 Å². The number of nitrogens with one attached hydrogen (secondary N) is 1. The minimum atomic E-state index is -0.146. The minimum Gasteiger partial charge on any atom is -0.314 e. The van der Waals surface area contributed by atoms with E-state index in [9.17, 15) is 4.39 Å². The maximum Gasteiger partial charge on any atom is 0.123 e. The van der Waals surface area contributed by atoms with Gasteiger partial charge in [0.15, 0.2) is 0 Å². The van der Waals surface area contributed by atoms with E-state index in [0.717, 1.165) is 12.5 Å². The zero-order valence-corrected chi connectivity index (χ0v) is 14.2. The van der Waals surface area contributed by atoms with Crippen LogP contribution in [-0.2, 0) is 0 Å². The molecule has 1 rings (SSSR count). The predicted molar refractivity (Wildman–Crippen MR) is 90.2 cm³/mol. The van der Waals surface area contributed by atoms with Crippen LogP contribution in [0.2, 0.25) is 0 Å². The number of benzene rings is 1. The second-order valence-electron chi connectivity index (χ2n) is 6.46. The first-order chi connectivity index (χ1) is 10.1. The summed E-state index contributed by atoms with van der Waals surface area (Å²) in [6.07, 6.45) is 6.32. The Morgan fingerprint density at radius 3 is 2.29 bits per heavy atom. The Morgan fingerprint density at radius 1 is 1.10 bits per heavy atom. The third kappa shape index (κ3) is 7.08. The molecule has 0 heterocycles. The molecule has 0 radical (unpaired) electrons. The van der Waals surface area contributed by atoms with Crippen molar-refractivity contribution in [3.05, 3.63) is 35.6 Å². The maximum absolute atomic E-state index is 13.1. The number of hydrogen-bond acceptors (Lipinski definition) is 1. The molecule has 0 spiro atoms. The quantitative estimate of drug-likeness (QED) is 0.599. The van der Waals surface area contributed by atoms with Gasteiger partial charge in [-0.15, -0.1) is 0 Å². The van der Waals surface area contributed by atoms with E-state index in [4.69, 9.17) is 0 Å². The van der Waals surface area contributed by atoms with Crippen molar-refractivity contribution >= 4 is 0 Å². The van der Waals surface area contributed by atoms with E-state index >= 15 is 0 Å². The lowest BCUT2D eigenvalue weighted by Crippen LogP contribution is -2.29. The molecule has 0 amide bonds. The van der Waals surface area contributed by atoms with E-state index in [-0.39, 0.29) is 5.82 Å². The SMILES string of the molecule is CCCCC(CC)CC(CNC(C)C)c1ccc(F)cc1. The van der Waals surface area contributed by atoms with E-state index in [1.807, 2.05) is 12.1 Å². The van der Waals surface area contributed by atoms with Crippen LogP contribution in [0.3, 0.4) is 0 Å². The van der Waals surface area contributed by atoms with Crippen molar-refractivity contribution in [3.8, 4) is 0 Å². The van der Waals surface area contributed by atoms with E-state index in [1.165, 1.54) is 37.7 Å². The van der Waals surface area contributed by atoms with Crippen LogP contribution in [0.25, 0.3) is 0 Å². The molecule has 0 aliphatic heterocycles. The average molecular weight is 293 g/mol. The molecular weight excluding hydrogens is 261 g/mol. The second-order valence-corrected chi connectivity index (χ2v) is 6.46. The Balaban J connectivity index is 2.73. The van der Waals surface area contributed by atoms with Gasteiger partial charge in [-0.3, -0.25) is 0 Å². The van der Waals surface area contributed by atoms with Crippen molar-refractivity contribution < 1.29 is 4.39 Å². The van der Waals surface area contributed by atoms with Gasteiger partial charge in [-0.2, -0.15) is 0 Å². The topological polar surface area (TPSA) is 12.0 Å². The average Bonchev–Trinajstić information content (AvgIpc) is 2.47. The number of rotatable bonds is 10. The zero-order valence-electron chi connectivity index (χ0n) is 14.2. The molecule has 0 aromatic heterocycles. The van der Waals surface area contributed by atoms with Gasteiger partial charge in [0, 0.05) is 12.6 Å². The molecule has 1 nitrogen and oxygen atoms in total. The summed E-state index contributed by atoms with van der Waals surface area (Å²) in [5, 5.41) is 3.55. The summed E-state index contributed by atoms with van der Waals surface area (Å²) in [6.45, 7) is 9.88.